The number of para-hydroxylation sites is 1. The molecular weight excluding hydrogens is 260 g/mol. The molecule has 0 bridgehead atoms. The average Bonchev–Trinajstić information content (AvgIpc) is 2.90. The number of carbonyl (C=O) groups excluding carboxylic acids is 1. The number of benzene rings is 1. The SMILES string of the molecule is CC(C)=C[C@H]1[C@H](C(=O)Oc2ccccc2C(C)C)C1(C)C. The second-order valence-corrected chi connectivity index (χ2v) is 7.18. The lowest BCUT2D eigenvalue weighted by molar-refractivity contribution is -0.136. The van der Waals surface area contributed by atoms with Crippen molar-refractivity contribution in [2.75, 3.05) is 0 Å². The van der Waals surface area contributed by atoms with Gasteiger partial charge in [0, 0.05) is 0 Å². The van der Waals surface area contributed by atoms with Gasteiger partial charge in [-0.25, -0.2) is 0 Å². The topological polar surface area (TPSA) is 26.3 Å². The van der Waals surface area contributed by atoms with Gasteiger partial charge in [-0.3, -0.25) is 4.79 Å². The first-order chi connectivity index (χ1) is 9.75. The molecule has 1 saturated carbocycles. The van der Waals surface area contributed by atoms with Gasteiger partial charge in [0.25, 0.3) is 0 Å². The Kier molecular flexibility index (Phi) is 4.27. The molecule has 21 heavy (non-hydrogen) atoms. The summed E-state index contributed by atoms with van der Waals surface area (Å²) < 4.78 is 5.71. The van der Waals surface area contributed by atoms with Crippen molar-refractivity contribution in [3.8, 4) is 5.75 Å². The van der Waals surface area contributed by atoms with Gasteiger partial charge in [-0.2, -0.15) is 0 Å². The van der Waals surface area contributed by atoms with Crippen molar-refractivity contribution in [1.82, 2.24) is 0 Å². The Labute approximate surface area is 128 Å². The van der Waals surface area contributed by atoms with Crippen LogP contribution in [0.15, 0.2) is 35.9 Å². The predicted octanol–water partition coefficient (Wildman–Crippen LogP) is 4.95. The first kappa shape index (κ1) is 15.8. The highest BCUT2D eigenvalue weighted by atomic mass is 16.5. The van der Waals surface area contributed by atoms with E-state index >= 15 is 0 Å². The van der Waals surface area contributed by atoms with E-state index in [4.69, 9.17) is 4.74 Å². The molecule has 114 valence electrons. The maximum Gasteiger partial charge on any atom is 0.315 e. The molecule has 1 aliphatic rings. The van der Waals surface area contributed by atoms with E-state index in [2.05, 4.69) is 47.6 Å². The van der Waals surface area contributed by atoms with Crippen LogP contribution < -0.4 is 4.74 Å². The quantitative estimate of drug-likeness (QED) is 0.444. The van der Waals surface area contributed by atoms with Gasteiger partial charge in [0.1, 0.15) is 5.75 Å². The zero-order valence-corrected chi connectivity index (χ0v) is 13.9. The largest absolute Gasteiger partial charge is 0.426 e. The first-order valence-corrected chi connectivity index (χ1v) is 7.70. The molecule has 1 aromatic rings. The fourth-order valence-corrected chi connectivity index (χ4v) is 3.02. The summed E-state index contributed by atoms with van der Waals surface area (Å²) in [6.07, 6.45) is 2.19. The van der Waals surface area contributed by atoms with Gasteiger partial charge in [0.15, 0.2) is 0 Å². The Hall–Kier alpha value is -1.57. The highest BCUT2D eigenvalue weighted by Gasteiger charge is 2.61. The Bertz CT molecular complexity index is 563. The molecule has 0 unspecified atom stereocenters. The third kappa shape index (κ3) is 3.20. The molecule has 0 aliphatic heterocycles. The lowest BCUT2D eigenvalue weighted by atomic mass is 10.0. The third-order valence-electron chi connectivity index (χ3n) is 4.43. The van der Waals surface area contributed by atoms with Gasteiger partial charge >= 0.3 is 5.97 Å². The monoisotopic (exact) mass is 286 g/mol. The van der Waals surface area contributed by atoms with E-state index in [-0.39, 0.29) is 17.3 Å². The summed E-state index contributed by atoms with van der Waals surface area (Å²) in [7, 11) is 0. The average molecular weight is 286 g/mol. The second-order valence-electron chi connectivity index (χ2n) is 7.18. The summed E-state index contributed by atoms with van der Waals surface area (Å²) in [4.78, 5) is 12.5. The van der Waals surface area contributed by atoms with E-state index < -0.39 is 0 Å². The molecule has 1 aliphatic carbocycles. The van der Waals surface area contributed by atoms with Crippen molar-refractivity contribution in [3.63, 3.8) is 0 Å². The van der Waals surface area contributed by atoms with E-state index in [0.29, 0.717) is 17.6 Å². The zero-order chi connectivity index (χ0) is 15.8. The van der Waals surface area contributed by atoms with E-state index in [1.165, 1.54) is 5.57 Å². The molecule has 2 atom stereocenters. The normalized spacial score (nSPS) is 22.8. The summed E-state index contributed by atoms with van der Waals surface area (Å²) in [5.74, 6) is 1.20. The van der Waals surface area contributed by atoms with Crippen LogP contribution in [-0.2, 0) is 4.79 Å². The Balaban J connectivity index is 2.15. The number of rotatable bonds is 4. The number of allylic oxidation sites excluding steroid dienone is 2. The van der Waals surface area contributed by atoms with Gasteiger partial charge in [0.05, 0.1) is 5.92 Å². The summed E-state index contributed by atoms with van der Waals surface area (Å²) in [5, 5.41) is 0. The first-order valence-electron chi connectivity index (χ1n) is 7.70. The number of hydrogen-bond donors (Lipinski definition) is 0. The van der Waals surface area contributed by atoms with Crippen LogP contribution >= 0.6 is 0 Å². The molecule has 2 nitrogen and oxygen atoms in total. The predicted molar refractivity (Wildman–Crippen MR) is 86.4 cm³/mol. The van der Waals surface area contributed by atoms with Gasteiger partial charge in [-0.15, -0.1) is 0 Å². The molecule has 0 heterocycles. The van der Waals surface area contributed by atoms with Crippen molar-refractivity contribution in [2.45, 2.75) is 47.5 Å². The van der Waals surface area contributed by atoms with Crippen LogP contribution in [0.2, 0.25) is 0 Å². The van der Waals surface area contributed by atoms with Crippen LogP contribution in [0.3, 0.4) is 0 Å². The van der Waals surface area contributed by atoms with Gasteiger partial charge < -0.3 is 4.74 Å². The highest BCUT2D eigenvalue weighted by Crippen LogP contribution is 2.59. The van der Waals surface area contributed by atoms with Gasteiger partial charge in [-0.1, -0.05) is 57.5 Å². The molecule has 0 radical (unpaired) electrons. The molecular formula is C19H26O2. The van der Waals surface area contributed by atoms with Crippen molar-refractivity contribution in [2.24, 2.45) is 17.3 Å². The number of esters is 1. The Morgan fingerprint density at radius 1 is 1.24 bits per heavy atom. The summed E-state index contributed by atoms with van der Waals surface area (Å²) >= 11 is 0. The highest BCUT2D eigenvalue weighted by molar-refractivity contribution is 5.80. The lowest BCUT2D eigenvalue weighted by Crippen LogP contribution is -2.15. The van der Waals surface area contributed by atoms with Gasteiger partial charge in [0.2, 0.25) is 0 Å². The molecule has 0 N–H and O–H groups in total. The molecule has 0 aromatic heterocycles. The molecule has 0 spiro atoms. The maximum atomic E-state index is 12.5. The van der Waals surface area contributed by atoms with Crippen molar-refractivity contribution >= 4 is 5.97 Å². The smallest absolute Gasteiger partial charge is 0.315 e. The van der Waals surface area contributed by atoms with E-state index in [9.17, 15) is 4.79 Å². The third-order valence-corrected chi connectivity index (χ3v) is 4.43. The minimum Gasteiger partial charge on any atom is -0.426 e. The van der Waals surface area contributed by atoms with E-state index in [0.717, 1.165) is 5.56 Å². The van der Waals surface area contributed by atoms with Gasteiger partial charge in [-0.05, 0) is 42.7 Å². The fraction of sp³-hybridized carbons (Fsp3) is 0.526. The van der Waals surface area contributed by atoms with Crippen LogP contribution in [-0.4, -0.2) is 5.97 Å². The number of carbonyl (C=O) groups is 1. The zero-order valence-electron chi connectivity index (χ0n) is 13.9. The number of hydrogen-bond acceptors (Lipinski definition) is 2. The van der Waals surface area contributed by atoms with Crippen LogP contribution in [0.1, 0.15) is 53.0 Å². The molecule has 0 saturated heterocycles. The van der Waals surface area contributed by atoms with Crippen LogP contribution in [0.4, 0.5) is 0 Å². The van der Waals surface area contributed by atoms with Crippen molar-refractivity contribution < 1.29 is 9.53 Å². The molecule has 1 aromatic carbocycles. The summed E-state index contributed by atoms with van der Waals surface area (Å²) in [5.41, 5.74) is 2.34. The maximum absolute atomic E-state index is 12.5. The van der Waals surface area contributed by atoms with Crippen LogP contribution in [0, 0.1) is 17.3 Å². The van der Waals surface area contributed by atoms with E-state index in [1.807, 2.05) is 24.3 Å². The minimum absolute atomic E-state index is 0.00112. The number of ether oxygens (including phenoxy) is 1. The lowest BCUT2D eigenvalue weighted by Gasteiger charge is -2.12. The standard InChI is InChI=1S/C19H26O2/c1-12(2)11-15-17(19(15,5)6)18(20)21-16-10-8-7-9-14(16)13(3)4/h7-11,13,15,17H,1-6H3/t15-,17+/m0/s1. The van der Waals surface area contributed by atoms with Crippen LogP contribution in [0.5, 0.6) is 5.75 Å². The summed E-state index contributed by atoms with van der Waals surface area (Å²) in [6.45, 7) is 12.6. The Morgan fingerprint density at radius 2 is 1.86 bits per heavy atom. The van der Waals surface area contributed by atoms with Crippen molar-refractivity contribution in [1.29, 1.82) is 0 Å². The molecule has 2 rings (SSSR count). The van der Waals surface area contributed by atoms with Crippen LogP contribution in [0.25, 0.3) is 0 Å². The minimum atomic E-state index is -0.101. The fourth-order valence-electron chi connectivity index (χ4n) is 3.02. The molecule has 0 amide bonds. The summed E-state index contributed by atoms with van der Waals surface area (Å²) in [6, 6.07) is 7.82. The molecule has 1 fully saturated rings. The molecule has 2 heteroatoms. The van der Waals surface area contributed by atoms with E-state index in [1.54, 1.807) is 0 Å². The Morgan fingerprint density at radius 3 is 2.43 bits per heavy atom. The van der Waals surface area contributed by atoms with Crippen molar-refractivity contribution in [3.05, 3.63) is 41.5 Å². The second kappa shape index (κ2) is 5.67.